The molecule has 2 atom stereocenters. The van der Waals surface area contributed by atoms with Gasteiger partial charge in [0.25, 0.3) is 0 Å². The van der Waals surface area contributed by atoms with Gasteiger partial charge in [0.1, 0.15) is 0 Å². The Hall–Kier alpha value is -0.610. The smallest absolute Gasteiger partial charge is 0.306 e. The fraction of sp³-hybridized carbons (Fsp3) is 0.875. The van der Waals surface area contributed by atoms with Crippen LogP contribution in [0.25, 0.3) is 0 Å². The lowest BCUT2D eigenvalue weighted by Crippen LogP contribution is -2.48. The number of nitrogens with one attached hydrogen (secondary N) is 1. The van der Waals surface area contributed by atoms with Crippen molar-refractivity contribution in [2.75, 3.05) is 20.6 Å². The highest BCUT2D eigenvalue weighted by molar-refractivity contribution is 5.70. The molecule has 0 bridgehead atoms. The van der Waals surface area contributed by atoms with Crippen molar-refractivity contribution in [1.29, 1.82) is 0 Å². The molecule has 0 aromatic heterocycles. The Labute approximate surface area is 72.6 Å². The van der Waals surface area contributed by atoms with Crippen LogP contribution in [0.5, 0.6) is 0 Å². The molecule has 1 rings (SSSR count). The lowest BCUT2D eigenvalue weighted by atomic mass is 9.96. The van der Waals surface area contributed by atoms with E-state index in [0.29, 0.717) is 6.42 Å². The normalized spacial score (nSPS) is 30.6. The molecule has 2 N–H and O–H groups in total. The second-order valence-corrected chi connectivity index (χ2v) is 3.49. The van der Waals surface area contributed by atoms with Crippen molar-refractivity contribution in [3.05, 3.63) is 0 Å². The van der Waals surface area contributed by atoms with E-state index in [1.165, 1.54) is 0 Å². The molecule has 1 aliphatic rings. The molecule has 2 unspecified atom stereocenters. The van der Waals surface area contributed by atoms with Crippen molar-refractivity contribution in [3.63, 3.8) is 0 Å². The van der Waals surface area contributed by atoms with Crippen molar-refractivity contribution in [2.24, 2.45) is 5.92 Å². The SMILES string of the molecule is CN(C)C1CC(C(=O)O)CCN1. The zero-order valence-corrected chi connectivity index (χ0v) is 7.58. The van der Waals surface area contributed by atoms with E-state index in [-0.39, 0.29) is 12.1 Å². The van der Waals surface area contributed by atoms with Gasteiger partial charge < -0.3 is 10.4 Å². The summed E-state index contributed by atoms with van der Waals surface area (Å²) in [5.74, 6) is -0.831. The van der Waals surface area contributed by atoms with E-state index < -0.39 is 5.97 Å². The molecule has 1 aliphatic heterocycles. The molecule has 1 saturated heterocycles. The molecule has 0 aliphatic carbocycles. The number of carbonyl (C=O) groups is 1. The van der Waals surface area contributed by atoms with Crippen LogP contribution in [0.15, 0.2) is 0 Å². The van der Waals surface area contributed by atoms with Gasteiger partial charge in [-0.3, -0.25) is 9.69 Å². The Morgan fingerprint density at radius 3 is 2.75 bits per heavy atom. The van der Waals surface area contributed by atoms with E-state index >= 15 is 0 Å². The third kappa shape index (κ3) is 2.19. The zero-order chi connectivity index (χ0) is 9.14. The van der Waals surface area contributed by atoms with Gasteiger partial charge in [0, 0.05) is 0 Å². The average molecular weight is 172 g/mol. The highest BCUT2D eigenvalue weighted by Crippen LogP contribution is 2.16. The van der Waals surface area contributed by atoms with Gasteiger partial charge in [-0.25, -0.2) is 0 Å². The minimum Gasteiger partial charge on any atom is -0.481 e. The van der Waals surface area contributed by atoms with Crippen LogP contribution in [0.3, 0.4) is 0 Å². The maximum atomic E-state index is 10.7. The topological polar surface area (TPSA) is 52.6 Å². The summed E-state index contributed by atoms with van der Waals surface area (Å²) >= 11 is 0. The maximum absolute atomic E-state index is 10.7. The van der Waals surface area contributed by atoms with Gasteiger partial charge in [-0.2, -0.15) is 0 Å². The van der Waals surface area contributed by atoms with Crippen molar-refractivity contribution >= 4 is 5.97 Å². The number of aliphatic carboxylic acids is 1. The summed E-state index contributed by atoms with van der Waals surface area (Å²) in [4.78, 5) is 12.7. The van der Waals surface area contributed by atoms with Crippen LogP contribution in [0.2, 0.25) is 0 Å². The number of hydrogen-bond acceptors (Lipinski definition) is 3. The molecule has 70 valence electrons. The highest BCUT2D eigenvalue weighted by atomic mass is 16.4. The number of nitrogens with zero attached hydrogens (tertiary/aromatic N) is 1. The first-order valence-electron chi connectivity index (χ1n) is 4.24. The molecule has 0 spiro atoms. The Morgan fingerprint density at radius 2 is 2.25 bits per heavy atom. The summed E-state index contributed by atoms with van der Waals surface area (Å²) in [5, 5.41) is 12.1. The first-order chi connectivity index (χ1) is 5.61. The minimum atomic E-state index is -0.664. The van der Waals surface area contributed by atoms with Crippen molar-refractivity contribution < 1.29 is 9.90 Å². The van der Waals surface area contributed by atoms with Crippen molar-refractivity contribution in [2.45, 2.75) is 19.0 Å². The number of carboxylic acids is 1. The lowest BCUT2D eigenvalue weighted by molar-refractivity contribution is -0.143. The molecule has 0 aromatic carbocycles. The predicted molar refractivity (Wildman–Crippen MR) is 45.8 cm³/mol. The summed E-state index contributed by atoms with van der Waals surface area (Å²) in [6.07, 6.45) is 1.68. The molecule has 1 heterocycles. The predicted octanol–water partition coefficient (Wildman–Crippen LogP) is -0.0417. The quantitative estimate of drug-likeness (QED) is 0.613. The largest absolute Gasteiger partial charge is 0.481 e. The summed E-state index contributed by atoms with van der Waals surface area (Å²) < 4.78 is 0. The monoisotopic (exact) mass is 172 g/mol. The zero-order valence-electron chi connectivity index (χ0n) is 7.58. The molecule has 4 heteroatoms. The Bertz CT molecular complexity index is 170. The van der Waals surface area contributed by atoms with Gasteiger partial charge in [0.15, 0.2) is 0 Å². The van der Waals surface area contributed by atoms with Gasteiger partial charge >= 0.3 is 5.97 Å². The molecular formula is C8H16N2O2. The van der Waals surface area contributed by atoms with Crippen LogP contribution in [0, 0.1) is 5.92 Å². The number of carboxylic acid groups (broad SMARTS) is 1. The van der Waals surface area contributed by atoms with Gasteiger partial charge in [-0.05, 0) is 33.5 Å². The van der Waals surface area contributed by atoms with Crippen LogP contribution in [-0.4, -0.2) is 42.8 Å². The van der Waals surface area contributed by atoms with Crippen molar-refractivity contribution in [3.8, 4) is 0 Å². The fourth-order valence-corrected chi connectivity index (χ4v) is 1.51. The standard InChI is InChI=1S/C8H16N2O2/c1-10(2)7-5-6(8(11)12)3-4-9-7/h6-7,9H,3-5H2,1-2H3,(H,11,12). The van der Waals surface area contributed by atoms with Gasteiger partial charge in [0.2, 0.25) is 0 Å². The Kier molecular flexibility index (Phi) is 3.05. The Balaban J connectivity index is 2.46. The number of hydrogen-bond donors (Lipinski definition) is 2. The van der Waals surface area contributed by atoms with Crippen LogP contribution in [-0.2, 0) is 4.79 Å². The first kappa shape index (κ1) is 9.48. The molecule has 0 radical (unpaired) electrons. The summed E-state index contributed by atoms with van der Waals surface area (Å²) in [6.45, 7) is 0.805. The van der Waals surface area contributed by atoms with E-state index in [2.05, 4.69) is 5.32 Å². The Morgan fingerprint density at radius 1 is 1.58 bits per heavy atom. The number of rotatable bonds is 2. The third-order valence-corrected chi connectivity index (χ3v) is 2.35. The summed E-state index contributed by atoms with van der Waals surface area (Å²) in [6, 6.07) is 0. The highest BCUT2D eigenvalue weighted by Gasteiger charge is 2.27. The third-order valence-electron chi connectivity index (χ3n) is 2.35. The first-order valence-corrected chi connectivity index (χ1v) is 4.24. The van der Waals surface area contributed by atoms with E-state index in [1.807, 2.05) is 19.0 Å². The van der Waals surface area contributed by atoms with Crippen LogP contribution in [0.4, 0.5) is 0 Å². The van der Waals surface area contributed by atoms with E-state index in [4.69, 9.17) is 5.11 Å². The fourth-order valence-electron chi connectivity index (χ4n) is 1.51. The van der Waals surface area contributed by atoms with Crippen LogP contribution < -0.4 is 5.32 Å². The summed E-state index contributed by atoms with van der Waals surface area (Å²) in [7, 11) is 3.92. The van der Waals surface area contributed by atoms with Crippen LogP contribution in [0.1, 0.15) is 12.8 Å². The molecule has 12 heavy (non-hydrogen) atoms. The second kappa shape index (κ2) is 3.87. The minimum absolute atomic E-state index is 0.168. The molecule has 1 fully saturated rings. The van der Waals surface area contributed by atoms with Crippen molar-refractivity contribution in [1.82, 2.24) is 10.2 Å². The van der Waals surface area contributed by atoms with Gasteiger partial charge in [0.05, 0.1) is 12.1 Å². The molecule has 0 amide bonds. The molecular weight excluding hydrogens is 156 g/mol. The van der Waals surface area contributed by atoms with E-state index in [1.54, 1.807) is 0 Å². The van der Waals surface area contributed by atoms with E-state index in [9.17, 15) is 4.79 Å². The van der Waals surface area contributed by atoms with Gasteiger partial charge in [-0.1, -0.05) is 0 Å². The second-order valence-electron chi connectivity index (χ2n) is 3.49. The van der Waals surface area contributed by atoms with E-state index in [0.717, 1.165) is 13.0 Å². The van der Waals surface area contributed by atoms with Gasteiger partial charge in [-0.15, -0.1) is 0 Å². The van der Waals surface area contributed by atoms with Crippen LogP contribution >= 0.6 is 0 Å². The average Bonchev–Trinajstić information content (AvgIpc) is 2.04. The summed E-state index contributed by atoms with van der Waals surface area (Å²) in [5.41, 5.74) is 0. The molecule has 0 saturated carbocycles. The molecule has 0 aromatic rings. The lowest BCUT2D eigenvalue weighted by Gasteiger charge is -2.32. The molecule has 4 nitrogen and oxygen atoms in total. The maximum Gasteiger partial charge on any atom is 0.306 e. The number of piperidine rings is 1.